The van der Waals surface area contributed by atoms with Crippen molar-refractivity contribution in [3.8, 4) is 0 Å². The quantitative estimate of drug-likeness (QED) is 0.576. The lowest BCUT2D eigenvalue weighted by Crippen LogP contribution is -2.48. The number of alkyl halides is 1. The molecule has 0 amide bonds. The maximum absolute atomic E-state index is 11.0. The summed E-state index contributed by atoms with van der Waals surface area (Å²) in [7, 11) is 0. The molecule has 0 N–H and O–H groups in total. The highest BCUT2D eigenvalue weighted by Gasteiger charge is 2.41. The second kappa shape index (κ2) is 5.30. The van der Waals surface area contributed by atoms with Crippen molar-refractivity contribution < 1.29 is 14.3 Å². The molecular formula is C11H19BrO3. The number of ether oxygens (including phenoxy) is 2. The Bertz CT molecular complexity index is 232. The molecule has 0 bridgehead atoms. The van der Waals surface area contributed by atoms with Gasteiger partial charge in [-0.1, -0.05) is 36.7 Å². The molecule has 1 aliphatic heterocycles. The largest absolute Gasteiger partial charge is 0.459 e. The van der Waals surface area contributed by atoms with E-state index in [2.05, 4.69) is 36.7 Å². The maximum atomic E-state index is 11.0. The molecule has 1 heterocycles. The molecule has 1 aliphatic rings. The molecule has 0 aromatic carbocycles. The SMILES string of the molecule is CC[C@H]1O[C@H](Br)[C@H](OC(C)=O)[C@@H](C)[C@H]1C. The number of halogens is 1. The van der Waals surface area contributed by atoms with E-state index in [1.165, 1.54) is 6.92 Å². The molecule has 1 rings (SSSR count). The summed E-state index contributed by atoms with van der Waals surface area (Å²) in [4.78, 5) is 11.0. The first-order valence-electron chi connectivity index (χ1n) is 5.44. The van der Waals surface area contributed by atoms with Crippen LogP contribution in [-0.4, -0.2) is 23.2 Å². The third-order valence-electron chi connectivity index (χ3n) is 3.20. The standard InChI is InChI=1S/C11H19BrO3/c1-5-9-6(2)7(3)10(11(12)15-9)14-8(4)13/h6-7,9-11H,5H2,1-4H3/t6-,7+,9-,10-,11+/m1/s1. The number of rotatable bonds is 2. The average Bonchev–Trinajstić information content (AvgIpc) is 2.18. The zero-order valence-electron chi connectivity index (χ0n) is 9.70. The van der Waals surface area contributed by atoms with Gasteiger partial charge < -0.3 is 9.47 Å². The molecule has 0 aliphatic carbocycles. The van der Waals surface area contributed by atoms with E-state index < -0.39 is 0 Å². The summed E-state index contributed by atoms with van der Waals surface area (Å²) in [6, 6.07) is 0. The van der Waals surface area contributed by atoms with Crippen molar-refractivity contribution >= 4 is 21.9 Å². The number of esters is 1. The van der Waals surface area contributed by atoms with Gasteiger partial charge in [-0.25, -0.2) is 0 Å². The van der Waals surface area contributed by atoms with Crippen LogP contribution in [-0.2, 0) is 14.3 Å². The van der Waals surface area contributed by atoms with Crippen molar-refractivity contribution in [3.05, 3.63) is 0 Å². The van der Waals surface area contributed by atoms with E-state index in [0.29, 0.717) is 11.8 Å². The number of hydrogen-bond acceptors (Lipinski definition) is 3. The van der Waals surface area contributed by atoms with Crippen molar-refractivity contribution in [1.29, 1.82) is 0 Å². The third kappa shape index (κ3) is 2.94. The van der Waals surface area contributed by atoms with Crippen molar-refractivity contribution in [3.63, 3.8) is 0 Å². The molecule has 5 atom stereocenters. The van der Waals surface area contributed by atoms with Crippen LogP contribution < -0.4 is 0 Å². The minimum Gasteiger partial charge on any atom is -0.459 e. The lowest BCUT2D eigenvalue weighted by Gasteiger charge is -2.41. The Morgan fingerprint density at radius 1 is 1.40 bits per heavy atom. The maximum Gasteiger partial charge on any atom is 0.303 e. The van der Waals surface area contributed by atoms with Crippen molar-refractivity contribution in [2.24, 2.45) is 11.8 Å². The fraction of sp³-hybridized carbons (Fsp3) is 0.909. The van der Waals surface area contributed by atoms with Crippen molar-refractivity contribution in [1.82, 2.24) is 0 Å². The highest BCUT2D eigenvalue weighted by molar-refractivity contribution is 9.09. The van der Waals surface area contributed by atoms with Gasteiger partial charge in [0, 0.05) is 12.8 Å². The fourth-order valence-corrected chi connectivity index (χ4v) is 2.93. The molecule has 88 valence electrons. The lowest BCUT2D eigenvalue weighted by molar-refractivity contribution is -0.175. The van der Waals surface area contributed by atoms with Gasteiger partial charge in [0.1, 0.15) is 11.1 Å². The van der Waals surface area contributed by atoms with Crippen LogP contribution in [0.5, 0.6) is 0 Å². The van der Waals surface area contributed by atoms with Gasteiger partial charge in [0.2, 0.25) is 0 Å². The lowest BCUT2D eigenvalue weighted by atomic mass is 9.83. The Morgan fingerprint density at radius 2 is 2.00 bits per heavy atom. The summed E-state index contributed by atoms with van der Waals surface area (Å²) in [5.41, 5.74) is 0. The van der Waals surface area contributed by atoms with Crippen LogP contribution in [0.2, 0.25) is 0 Å². The van der Waals surface area contributed by atoms with E-state index in [1.807, 2.05) is 0 Å². The first-order valence-corrected chi connectivity index (χ1v) is 6.35. The Kier molecular flexibility index (Phi) is 4.59. The second-order valence-electron chi connectivity index (χ2n) is 4.23. The van der Waals surface area contributed by atoms with E-state index in [4.69, 9.17) is 9.47 Å². The van der Waals surface area contributed by atoms with Crippen LogP contribution in [0.4, 0.5) is 0 Å². The average molecular weight is 279 g/mol. The van der Waals surface area contributed by atoms with E-state index in [0.717, 1.165) is 6.42 Å². The summed E-state index contributed by atoms with van der Waals surface area (Å²) in [5.74, 6) is 0.479. The van der Waals surface area contributed by atoms with Crippen LogP contribution in [0.1, 0.15) is 34.1 Å². The van der Waals surface area contributed by atoms with Crippen LogP contribution in [0.15, 0.2) is 0 Å². The summed E-state index contributed by atoms with van der Waals surface area (Å²) in [5, 5.41) is -0.183. The first kappa shape index (κ1) is 13.0. The molecule has 0 radical (unpaired) electrons. The van der Waals surface area contributed by atoms with Gasteiger partial charge in [0.05, 0.1) is 6.10 Å². The second-order valence-corrected chi connectivity index (χ2v) is 5.13. The molecule has 0 saturated carbocycles. The minimum atomic E-state index is -0.248. The molecule has 1 saturated heterocycles. The van der Waals surface area contributed by atoms with Gasteiger partial charge in [-0.3, -0.25) is 4.79 Å². The Balaban J connectivity index is 2.70. The predicted molar refractivity (Wildman–Crippen MR) is 61.8 cm³/mol. The number of hydrogen-bond donors (Lipinski definition) is 0. The number of carbonyl (C=O) groups excluding carboxylic acids is 1. The predicted octanol–water partition coefficient (Wildman–Crippen LogP) is 2.72. The molecule has 1 fully saturated rings. The summed E-state index contributed by atoms with van der Waals surface area (Å²) in [6.45, 7) is 7.80. The van der Waals surface area contributed by atoms with E-state index >= 15 is 0 Å². The van der Waals surface area contributed by atoms with Gasteiger partial charge >= 0.3 is 5.97 Å². The Hall–Kier alpha value is -0.0900. The minimum absolute atomic E-state index is 0.180. The highest BCUT2D eigenvalue weighted by atomic mass is 79.9. The Labute approximate surface area is 99.6 Å². The molecule has 3 nitrogen and oxygen atoms in total. The molecular weight excluding hydrogens is 260 g/mol. The highest BCUT2D eigenvalue weighted by Crippen LogP contribution is 2.36. The van der Waals surface area contributed by atoms with Crippen LogP contribution in [0.25, 0.3) is 0 Å². The smallest absolute Gasteiger partial charge is 0.303 e. The van der Waals surface area contributed by atoms with E-state index in [1.54, 1.807) is 0 Å². The fourth-order valence-electron chi connectivity index (χ4n) is 2.07. The molecule has 0 unspecified atom stereocenters. The van der Waals surface area contributed by atoms with Crippen molar-refractivity contribution in [2.75, 3.05) is 0 Å². The molecule has 4 heteroatoms. The molecule has 0 aromatic rings. The monoisotopic (exact) mass is 278 g/mol. The first-order chi connectivity index (χ1) is 6.97. The molecule has 0 spiro atoms. The van der Waals surface area contributed by atoms with E-state index in [-0.39, 0.29) is 23.2 Å². The van der Waals surface area contributed by atoms with Crippen LogP contribution >= 0.6 is 15.9 Å². The zero-order valence-corrected chi connectivity index (χ0v) is 11.3. The van der Waals surface area contributed by atoms with Crippen LogP contribution in [0, 0.1) is 11.8 Å². The zero-order chi connectivity index (χ0) is 11.6. The van der Waals surface area contributed by atoms with Gasteiger partial charge in [-0.15, -0.1) is 0 Å². The van der Waals surface area contributed by atoms with Gasteiger partial charge in [-0.2, -0.15) is 0 Å². The summed E-state index contributed by atoms with van der Waals surface area (Å²) in [6.07, 6.45) is 1.05. The third-order valence-corrected chi connectivity index (χ3v) is 3.94. The molecule has 15 heavy (non-hydrogen) atoms. The van der Waals surface area contributed by atoms with Crippen LogP contribution in [0.3, 0.4) is 0 Å². The number of carbonyl (C=O) groups is 1. The van der Waals surface area contributed by atoms with Crippen molar-refractivity contribution in [2.45, 2.75) is 51.3 Å². The van der Waals surface area contributed by atoms with Gasteiger partial charge in [-0.05, 0) is 12.3 Å². The van der Waals surface area contributed by atoms with Gasteiger partial charge in [0.15, 0.2) is 0 Å². The summed E-state index contributed by atoms with van der Waals surface area (Å²) < 4.78 is 11.0. The molecule has 0 aromatic heterocycles. The summed E-state index contributed by atoms with van der Waals surface area (Å²) >= 11 is 3.43. The topological polar surface area (TPSA) is 35.5 Å². The Morgan fingerprint density at radius 3 is 2.47 bits per heavy atom. The normalized spacial score (nSPS) is 41.3. The van der Waals surface area contributed by atoms with Gasteiger partial charge in [0.25, 0.3) is 0 Å². The van der Waals surface area contributed by atoms with E-state index in [9.17, 15) is 4.79 Å².